The highest BCUT2D eigenvalue weighted by atomic mass is 19.1. The van der Waals surface area contributed by atoms with Crippen LogP contribution >= 0.6 is 0 Å². The summed E-state index contributed by atoms with van der Waals surface area (Å²) in [6.07, 6.45) is 6.15. The Labute approximate surface area is 189 Å². The van der Waals surface area contributed by atoms with E-state index in [1.54, 1.807) is 30.1 Å². The number of likely N-dealkylation sites (N-methyl/N-ethyl adjacent to an activating group) is 1. The summed E-state index contributed by atoms with van der Waals surface area (Å²) < 4.78 is 17.7. The third kappa shape index (κ3) is 3.66. The number of aromatic hydroxyl groups is 1. The van der Waals surface area contributed by atoms with Gasteiger partial charge in [-0.3, -0.25) is 9.48 Å². The van der Waals surface area contributed by atoms with Gasteiger partial charge in [-0.2, -0.15) is 5.10 Å². The van der Waals surface area contributed by atoms with Gasteiger partial charge in [-0.05, 0) is 27.3 Å². The molecule has 4 heterocycles. The number of benzene rings is 1. The fraction of sp³-hybridized carbons (Fsp3) is 0.348. The molecular weight excluding hydrogens is 425 g/mol. The lowest BCUT2D eigenvalue weighted by molar-refractivity contribution is 0.102. The highest BCUT2D eigenvalue weighted by Gasteiger charge is 2.27. The van der Waals surface area contributed by atoms with Gasteiger partial charge >= 0.3 is 0 Å². The lowest BCUT2D eigenvalue weighted by Gasteiger charge is -2.21. The van der Waals surface area contributed by atoms with E-state index in [1.165, 1.54) is 10.5 Å². The number of fused-ring (bicyclic) bond motifs is 2. The van der Waals surface area contributed by atoms with Crippen molar-refractivity contribution < 1.29 is 14.3 Å². The second-order valence-electron chi connectivity index (χ2n) is 8.40. The lowest BCUT2D eigenvalue weighted by atomic mass is 10.1. The molecule has 172 valence electrons. The van der Waals surface area contributed by atoms with Crippen molar-refractivity contribution in [2.75, 3.05) is 30.4 Å². The molecule has 1 atom stereocenters. The van der Waals surface area contributed by atoms with Crippen molar-refractivity contribution in [2.45, 2.75) is 32.9 Å². The van der Waals surface area contributed by atoms with E-state index in [0.717, 1.165) is 30.6 Å². The van der Waals surface area contributed by atoms with Crippen molar-refractivity contribution in [2.24, 2.45) is 0 Å². The second-order valence-corrected chi connectivity index (χ2v) is 8.40. The number of anilines is 2. The number of carbonyl (C=O) groups is 1. The van der Waals surface area contributed by atoms with Crippen LogP contribution < -0.4 is 15.5 Å². The molecule has 3 N–H and O–H groups in total. The molecule has 33 heavy (non-hydrogen) atoms. The number of phenolic OH excluding ortho intramolecular Hbond substituents is 1. The zero-order valence-electron chi connectivity index (χ0n) is 18.8. The van der Waals surface area contributed by atoms with Gasteiger partial charge in [0, 0.05) is 61.8 Å². The fourth-order valence-electron chi connectivity index (χ4n) is 4.50. The highest BCUT2D eigenvalue weighted by molar-refractivity contribution is 6.16. The minimum atomic E-state index is -0.560. The van der Waals surface area contributed by atoms with Crippen LogP contribution in [-0.2, 0) is 6.54 Å². The number of nitrogens with one attached hydrogen (secondary N) is 2. The largest absolute Gasteiger partial charge is 0.507 e. The van der Waals surface area contributed by atoms with Crippen LogP contribution in [0.1, 0.15) is 29.4 Å². The Morgan fingerprint density at radius 2 is 2.12 bits per heavy atom. The molecule has 1 aromatic carbocycles. The average Bonchev–Trinajstić information content (AvgIpc) is 3.50. The number of amides is 1. The first-order valence-corrected chi connectivity index (χ1v) is 11.0. The standard InChI is InChI=1S/C23H26FN7O2/c1-4-31-12-16-18(29-6-5-14(10-29)25-3)8-19(32)20(21(16)28-31)23(33)27-15-7-17(24)22-26-13(2)9-30(22)11-15/h7-9,11-12,14,25,32H,4-6,10H2,1-3H3,(H,27,33)/t14-/m0/s1. The molecule has 5 rings (SSSR count). The number of carbonyl (C=O) groups excluding carboxylic acids is 1. The van der Waals surface area contributed by atoms with Crippen LogP contribution in [0.3, 0.4) is 0 Å². The number of aryl methyl sites for hydroxylation is 2. The Kier molecular flexibility index (Phi) is 5.16. The zero-order chi connectivity index (χ0) is 23.3. The average molecular weight is 452 g/mol. The first-order chi connectivity index (χ1) is 15.9. The third-order valence-corrected chi connectivity index (χ3v) is 6.18. The molecule has 0 aliphatic carbocycles. The molecular formula is C23H26FN7O2. The molecule has 4 aromatic rings. The van der Waals surface area contributed by atoms with E-state index in [4.69, 9.17) is 0 Å². The summed E-state index contributed by atoms with van der Waals surface area (Å²) in [4.78, 5) is 19.6. The quantitative estimate of drug-likeness (QED) is 0.432. The van der Waals surface area contributed by atoms with Gasteiger partial charge in [-0.15, -0.1) is 0 Å². The number of pyridine rings is 1. The number of halogens is 1. The SMILES string of the molecule is CCn1cc2c(N3CC[C@H](NC)C3)cc(O)c(C(=O)Nc3cc(F)c4nc(C)cn4c3)c2n1. The van der Waals surface area contributed by atoms with Crippen LogP contribution in [0.25, 0.3) is 16.6 Å². The van der Waals surface area contributed by atoms with E-state index < -0.39 is 11.7 Å². The maximum Gasteiger partial charge on any atom is 0.261 e. The Hall–Kier alpha value is -3.66. The molecule has 1 aliphatic rings. The minimum Gasteiger partial charge on any atom is -0.507 e. The number of rotatable bonds is 5. The number of aromatic nitrogens is 4. The normalized spacial score (nSPS) is 16.2. The van der Waals surface area contributed by atoms with Gasteiger partial charge in [0.1, 0.15) is 16.8 Å². The maximum atomic E-state index is 14.5. The number of nitrogens with zero attached hydrogens (tertiary/aromatic N) is 5. The predicted molar refractivity (Wildman–Crippen MR) is 125 cm³/mol. The summed E-state index contributed by atoms with van der Waals surface area (Å²) in [5.74, 6) is -1.27. The summed E-state index contributed by atoms with van der Waals surface area (Å²) in [7, 11) is 1.94. The Morgan fingerprint density at radius 1 is 1.30 bits per heavy atom. The summed E-state index contributed by atoms with van der Waals surface area (Å²) in [6.45, 7) is 5.99. The van der Waals surface area contributed by atoms with E-state index in [-0.39, 0.29) is 22.6 Å². The second kappa shape index (κ2) is 8.04. The van der Waals surface area contributed by atoms with Gasteiger partial charge < -0.3 is 25.0 Å². The monoisotopic (exact) mass is 451 g/mol. The van der Waals surface area contributed by atoms with E-state index in [0.29, 0.717) is 23.8 Å². The van der Waals surface area contributed by atoms with Crippen molar-refractivity contribution in [3.05, 3.63) is 47.8 Å². The highest BCUT2D eigenvalue weighted by Crippen LogP contribution is 2.37. The number of hydrogen-bond acceptors (Lipinski definition) is 6. The first-order valence-electron chi connectivity index (χ1n) is 11.0. The van der Waals surface area contributed by atoms with E-state index >= 15 is 0 Å². The molecule has 3 aromatic heterocycles. The first kappa shape index (κ1) is 21.2. The lowest BCUT2D eigenvalue weighted by Crippen LogP contribution is -2.29. The van der Waals surface area contributed by atoms with Gasteiger partial charge in [-0.1, -0.05) is 0 Å². The third-order valence-electron chi connectivity index (χ3n) is 6.18. The molecule has 0 unspecified atom stereocenters. The van der Waals surface area contributed by atoms with Crippen molar-refractivity contribution in [3.63, 3.8) is 0 Å². The minimum absolute atomic E-state index is 0.0626. The van der Waals surface area contributed by atoms with Crippen LogP contribution in [0, 0.1) is 12.7 Å². The summed E-state index contributed by atoms with van der Waals surface area (Å²) in [6, 6.07) is 3.21. The number of phenols is 1. The van der Waals surface area contributed by atoms with Gasteiger partial charge in [0.2, 0.25) is 0 Å². The van der Waals surface area contributed by atoms with Crippen molar-refractivity contribution in [3.8, 4) is 5.75 Å². The molecule has 1 saturated heterocycles. The van der Waals surface area contributed by atoms with Gasteiger partial charge in [0.05, 0.1) is 17.1 Å². The van der Waals surface area contributed by atoms with Crippen LogP contribution in [0.5, 0.6) is 5.75 Å². The fourth-order valence-corrected chi connectivity index (χ4v) is 4.50. The Balaban J connectivity index is 1.55. The van der Waals surface area contributed by atoms with E-state index in [9.17, 15) is 14.3 Å². The zero-order valence-corrected chi connectivity index (χ0v) is 18.8. The summed E-state index contributed by atoms with van der Waals surface area (Å²) in [5.41, 5.74) is 2.43. The Morgan fingerprint density at radius 3 is 2.85 bits per heavy atom. The molecule has 0 radical (unpaired) electrons. The molecule has 0 saturated carbocycles. The number of hydrogen-bond donors (Lipinski definition) is 3. The van der Waals surface area contributed by atoms with Crippen LogP contribution in [0.2, 0.25) is 0 Å². The van der Waals surface area contributed by atoms with Gasteiger partial charge in [0.25, 0.3) is 5.91 Å². The predicted octanol–water partition coefficient (Wildman–Crippen LogP) is 2.91. The smallest absolute Gasteiger partial charge is 0.261 e. The van der Waals surface area contributed by atoms with Crippen molar-refractivity contribution in [1.29, 1.82) is 0 Å². The molecule has 1 fully saturated rings. The summed E-state index contributed by atoms with van der Waals surface area (Å²) >= 11 is 0. The molecule has 1 amide bonds. The molecule has 9 nitrogen and oxygen atoms in total. The van der Waals surface area contributed by atoms with Crippen molar-refractivity contribution in [1.82, 2.24) is 24.5 Å². The van der Waals surface area contributed by atoms with Crippen LogP contribution in [-0.4, -0.2) is 56.4 Å². The number of imidazole rings is 1. The van der Waals surface area contributed by atoms with E-state index in [1.807, 2.05) is 20.2 Å². The molecule has 0 spiro atoms. The Bertz CT molecular complexity index is 1380. The molecule has 1 aliphatic heterocycles. The van der Waals surface area contributed by atoms with Crippen molar-refractivity contribution >= 4 is 33.8 Å². The topological polar surface area (TPSA) is 99.7 Å². The summed E-state index contributed by atoms with van der Waals surface area (Å²) in [5, 5.41) is 22.2. The van der Waals surface area contributed by atoms with Crippen LogP contribution in [0.15, 0.2) is 30.7 Å². The maximum absolute atomic E-state index is 14.5. The van der Waals surface area contributed by atoms with E-state index in [2.05, 4.69) is 25.6 Å². The van der Waals surface area contributed by atoms with Crippen LogP contribution in [0.4, 0.5) is 15.8 Å². The van der Waals surface area contributed by atoms with Gasteiger partial charge in [0.15, 0.2) is 11.5 Å². The van der Waals surface area contributed by atoms with Gasteiger partial charge in [-0.25, -0.2) is 9.37 Å². The molecule has 0 bridgehead atoms. The molecule has 10 heteroatoms.